The number of carboxylic acids is 1. The first-order valence-electron chi connectivity index (χ1n) is 12.2. The molecule has 0 unspecified atom stereocenters. The first-order valence-corrected chi connectivity index (χ1v) is 12.2. The van der Waals surface area contributed by atoms with E-state index in [0.29, 0.717) is 28.4 Å². The predicted molar refractivity (Wildman–Crippen MR) is 127 cm³/mol. The molecule has 0 atom stereocenters. The molecule has 3 aromatic rings. The molecule has 3 N–H and O–H groups in total. The average Bonchev–Trinajstić information content (AvgIpc) is 3.47. The number of aromatic nitrogens is 2. The molecule has 1 amide bonds. The fourth-order valence-electron chi connectivity index (χ4n) is 7.21. The van der Waals surface area contributed by atoms with Crippen molar-refractivity contribution in [3.8, 4) is 11.6 Å². The van der Waals surface area contributed by atoms with Crippen LogP contribution in [0.5, 0.6) is 0 Å². The molecule has 4 saturated carbocycles. The van der Waals surface area contributed by atoms with E-state index in [1.807, 2.05) is 6.07 Å². The summed E-state index contributed by atoms with van der Waals surface area (Å²) in [6.45, 7) is 0. The lowest BCUT2D eigenvalue weighted by Crippen LogP contribution is -2.46. The number of carbonyl (C=O) groups excluding carboxylic acids is 1. The second-order valence-electron chi connectivity index (χ2n) is 10.6. The van der Waals surface area contributed by atoms with E-state index in [0.717, 1.165) is 36.3 Å². The number of rotatable bonds is 7. The van der Waals surface area contributed by atoms with Gasteiger partial charge in [-0.25, -0.2) is 9.78 Å². The maximum absolute atomic E-state index is 13.3. The zero-order valence-corrected chi connectivity index (χ0v) is 19.0. The maximum Gasteiger partial charge on any atom is 0.335 e. The standard InChI is InChI=1S/C27H29N3O4/c31-25(28-20-4-1-3-19(12-20)26(32)33)23-21(29-24(30-23)22-5-2-8-34-22)6-7-27-13-16-9-17(14-27)11-18(10-16)15-27/h1-5,8,12,16-18H,6-7,9-11,13-15H2,(H,28,31)(H,29,30)(H,32,33). The monoisotopic (exact) mass is 459 g/mol. The number of amides is 1. The number of hydrogen-bond donors (Lipinski definition) is 3. The van der Waals surface area contributed by atoms with Crippen LogP contribution >= 0.6 is 0 Å². The average molecular weight is 460 g/mol. The summed E-state index contributed by atoms with van der Waals surface area (Å²) in [7, 11) is 0. The molecule has 0 spiro atoms. The van der Waals surface area contributed by atoms with Gasteiger partial charge in [0.15, 0.2) is 11.6 Å². The predicted octanol–water partition coefficient (Wildman–Crippen LogP) is 5.77. The molecule has 4 bridgehead atoms. The lowest BCUT2D eigenvalue weighted by Gasteiger charge is -2.57. The normalized spacial score (nSPS) is 27.1. The van der Waals surface area contributed by atoms with Crippen LogP contribution in [-0.4, -0.2) is 27.0 Å². The van der Waals surface area contributed by atoms with E-state index in [1.165, 1.54) is 50.7 Å². The Hall–Kier alpha value is -3.35. The summed E-state index contributed by atoms with van der Waals surface area (Å²) in [6.07, 6.45) is 11.6. The van der Waals surface area contributed by atoms with Crippen LogP contribution in [0.25, 0.3) is 11.6 Å². The van der Waals surface area contributed by atoms with Crippen molar-refractivity contribution in [3.63, 3.8) is 0 Å². The van der Waals surface area contributed by atoms with E-state index in [2.05, 4.69) is 15.3 Å². The van der Waals surface area contributed by atoms with Gasteiger partial charge in [-0.15, -0.1) is 0 Å². The zero-order valence-electron chi connectivity index (χ0n) is 19.0. The Morgan fingerprint density at radius 3 is 2.47 bits per heavy atom. The lowest BCUT2D eigenvalue weighted by molar-refractivity contribution is -0.0570. The SMILES string of the molecule is O=C(O)c1cccc(NC(=O)c2nc(-c3ccco3)[nH]c2CCC23CC4CC(CC(C4)C2)C3)c1. The van der Waals surface area contributed by atoms with E-state index in [9.17, 15) is 14.7 Å². The van der Waals surface area contributed by atoms with Gasteiger partial charge in [-0.2, -0.15) is 0 Å². The van der Waals surface area contributed by atoms with Gasteiger partial charge in [-0.1, -0.05) is 6.07 Å². The number of furan rings is 1. The van der Waals surface area contributed by atoms with Crippen molar-refractivity contribution in [1.29, 1.82) is 0 Å². The van der Waals surface area contributed by atoms with Crippen molar-refractivity contribution < 1.29 is 19.1 Å². The number of hydrogen-bond acceptors (Lipinski definition) is 4. The molecule has 4 aliphatic rings. The van der Waals surface area contributed by atoms with Gasteiger partial charge < -0.3 is 19.8 Å². The summed E-state index contributed by atoms with van der Waals surface area (Å²) in [5, 5.41) is 12.1. The highest BCUT2D eigenvalue weighted by Gasteiger charge is 2.50. The van der Waals surface area contributed by atoms with E-state index in [-0.39, 0.29) is 11.5 Å². The van der Waals surface area contributed by atoms with Gasteiger partial charge in [0.2, 0.25) is 0 Å². The van der Waals surface area contributed by atoms with Gasteiger partial charge >= 0.3 is 5.97 Å². The summed E-state index contributed by atoms with van der Waals surface area (Å²) in [5.74, 6) is 2.39. The van der Waals surface area contributed by atoms with E-state index < -0.39 is 5.97 Å². The molecule has 0 saturated heterocycles. The molecule has 4 aliphatic carbocycles. The number of benzene rings is 1. The minimum Gasteiger partial charge on any atom is -0.478 e. The molecule has 34 heavy (non-hydrogen) atoms. The summed E-state index contributed by atoms with van der Waals surface area (Å²) in [4.78, 5) is 32.5. The Bertz CT molecular complexity index is 1190. The van der Waals surface area contributed by atoms with Crippen molar-refractivity contribution in [1.82, 2.24) is 9.97 Å². The number of H-pyrrole nitrogens is 1. The summed E-state index contributed by atoms with van der Waals surface area (Å²) in [6, 6.07) is 9.86. The van der Waals surface area contributed by atoms with Gasteiger partial charge in [-0.05, 0) is 105 Å². The van der Waals surface area contributed by atoms with Crippen molar-refractivity contribution >= 4 is 17.6 Å². The molecule has 7 heteroatoms. The van der Waals surface area contributed by atoms with Crippen LogP contribution in [0, 0.1) is 23.2 Å². The van der Waals surface area contributed by atoms with Crippen molar-refractivity contribution in [3.05, 3.63) is 59.6 Å². The van der Waals surface area contributed by atoms with E-state index >= 15 is 0 Å². The molecule has 0 aliphatic heterocycles. The minimum absolute atomic E-state index is 0.123. The van der Waals surface area contributed by atoms with Crippen LogP contribution in [0.1, 0.15) is 71.5 Å². The fourth-order valence-corrected chi connectivity index (χ4v) is 7.21. The number of aromatic carboxylic acids is 1. The van der Waals surface area contributed by atoms with Crippen molar-refractivity contribution in [2.45, 2.75) is 51.4 Å². The summed E-state index contributed by atoms with van der Waals surface area (Å²) < 4.78 is 5.52. The molecular weight excluding hydrogens is 430 g/mol. The van der Waals surface area contributed by atoms with E-state index in [1.54, 1.807) is 24.5 Å². The first-order chi connectivity index (χ1) is 16.5. The highest BCUT2D eigenvalue weighted by atomic mass is 16.4. The Kier molecular flexibility index (Phi) is 5.08. The molecule has 4 fully saturated rings. The van der Waals surface area contributed by atoms with Crippen LogP contribution in [-0.2, 0) is 6.42 Å². The van der Waals surface area contributed by atoms with Crippen LogP contribution in [0.15, 0.2) is 47.1 Å². The van der Waals surface area contributed by atoms with E-state index in [4.69, 9.17) is 4.42 Å². The number of carboxylic acid groups (broad SMARTS) is 1. The van der Waals surface area contributed by atoms with Crippen molar-refractivity contribution in [2.75, 3.05) is 5.32 Å². The Labute approximate surface area is 198 Å². The second-order valence-corrected chi connectivity index (χ2v) is 10.6. The number of nitrogens with zero attached hydrogens (tertiary/aromatic N) is 1. The molecule has 7 rings (SSSR count). The van der Waals surface area contributed by atoms with Crippen LogP contribution in [0.3, 0.4) is 0 Å². The molecule has 2 aromatic heterocycles. The lowest BCUT2D eigenvalue weighted by atomic mass is 9.48. The highest BCUT2D eigenvalue weighted by Crippen LogP contribution is 2.61. The van der Waals surface area contributed by atoms with Gasteiger partial charge in [0, 0.05) is 11.4 Å². The summed E-state index contributed by atoms with van der Waals surface area (Å²) in [5.41, 5.74) is 2.11. The molecule has 0 radical (unpaired) electrons. The van der Waals surface area contributed by atoms with Gasteiger partial charge in [-0.3, -0.25) is 4.79 Å². The molecule has 2 heterocycles. The molecule has 7 nitrogen and oxygen atoms in total. The van der Waals surface area contributed by atoms with Crippen LogP contribution in [0.2, 0.25) is 0 Å². The van der Waals surface area contributed by atoms with Crippen LogP contribution < -0.4 is 5.32 Å². The third-order valence-corrected chi connectivity index (χ3v) is 8.19. The Morgan fingerprint density at radius 1 is 1.09 bits per heavy atom. The maximum atomic E-state index is 13.3. The molecular formula is C27H29N3O4. The number of anilines is 1. The number of nitrogens with one attached hydrogen (secondary N) is 2. The van der Waals surface area contributed by atoms with Gasteiger partial charge in [0.25, 0.3) is 5.91 Å². The Balaban J connectivity index is 1.25. The zero-order chi connectivity index (χ0) is 23.3. The first kappa shape index (κ1) is 21.2. The van der Waals surface area contributed by atoms with Crippen molar-refractivity contribution in [2.24, 2.45) is 23.2 Å². The van der Waals surface area contributed by atoms with Crippen LogP contribution in [0.4, 0.5) is 5.69 Å². The number of aromatic amines is 1. The molecule has 176 valence electrons. The topological polar surface area (TPSA) is 108 Å². The number of carbonyl (C=O) groups is 2. The highest BCUT2D eigenvalue weighted by molar-refractivity contribution is 6.04. The Morgan fingerprint density at radius 2 is 1.82 bits per heavy atom. The smallest absolute Gasteiger partial charge is 0.335 e. The third-order valence-electron chi connectivity index (χ3n) is 8.19. The third kappa shape index (κ3) is 3.93. The number of imidazole rings is 1. The number of aryl methyl sites for hydroxylation is 1. The molecule has 1 aromatic carbocycles. The second kappa shape index (κ2) is 8.15. The largest absolute Gasteiger partial charge is 0.478 e. The summed E-state index contributed by atoms with van der Waals surface area (Å²) >= 11 is 0. The van der Waals surface area contributed by atoms with Gasteiger partial charge in [0.1, 0.15) is 5.69 Å². The van der Waals surface area contributed by atoms with Gasteiger partial charge in [0.05, 0.1) is 11.8 Å². The minimum atomic E-state index is -1.03. The fraction of sp³-hybridized carbons (Fsp3) is 0.444. The quantitative estimate of drug-likeness (QED) is 0.416.